The molecule has 0 N–H and O–H groups in total. The van der Waals surface area contributed by atoms with Crippen LogP contribution in [0.25, 0.3) is 0 Å². The van der Waals surface area contributed by atoms with Gasteiger partial charge in [0.2, 0.25) is 0 Å². The van der Waals surface area contributed by atoms with Gasteiger partial charge in [0.05, 0.1) is 0 Å². The van der Waals surface area contributed by atoms with Gasteiger partial charge < -0.3 is 4.90 Å². The first-order chi connectivity index (χ1) is 9.63. The molecule has 0 unspecified atom stereocenters. The van der Waals surface area contributed by atoms with Crippen LogP contribution in [0.2, 0.25) is 0 Å². The smallest absolute Gasteiger partial charge is 0.254 e. The van der Waals surface area contributed by atoms with Crippen molar-refractivity contribution in [3.8, 4) is 0 Å². The maximum atomic E-state index is 12.7. The van der Waals surface area contributed by atoms with E-state index >= 15 is 0 Å². The zero-order valence-corrected chi connectivity index (χ0v) is 14.0. The SMILES string of the molecule is CC(C)c1ccc(C(=O)N(CCCBr)C2CCC2)cc1. The van der Waals surface area contributed by atoms with Crippen LogP contribution in [-0.2, 0) is 0 Å². The highest BCUT2D eigenvalue weighted by molar-refractivity contribution is 9.09. The van der Waals surface area contributed by atoms with E-state index in [0.717, 1.165) is 36.7 Å². The van der Waals surface area contributed by atoms with Crippen molar-refractivity contribution in [3.63, 3.8) is 0 Å². The highest BCUT2D eigenvalue weighted by Crippen LogP contribution is 2.27. The third-order valence-corrected chi connectivity index (χ3v) is 4.69. The lowest BCUT2D eigenvalue weighted by molar-refractivity contribution is 0.0581. The van der Waals surface area contributed by atoms with Crippen LogP contribution in [0.15, 0.2) is 24.3 Å². The number of carbonyl (C=O) groups excluding carboxylic acids is 1. The topological polar surface area (TPSA) is 20.3 Å². The first-order valence-electron chi connectivity index (χ1n) is 7.60. The van der Waals surface area contributed by atoms with Crippen molar-refractivity contribution in [3.05, 3.63) is 35.4 Å². The number of amides is 1. The Bertz CT molecular complexity index is 437. The summed E-state index contributed by atoms with van der Waals surface area (Å²) in [4.78, 5) is 14.8. The summed E-state index contributed by atoms with van der Waals surface area (Å²) in [6.07, 6.45) is 4.61. The number of hydrogen-bond acceptors (Lipinski definition) is 1. The van der Waals surface area contributed by atoms with Crippen LogP contribution >= 0.6 is 15.9 Å². The Balaban J connectivity index is 2.09. The van der Waals surface area contributed by atoms with Crippen LogP contribution in [0.1, 0.15) is 61.4 Å². The normalized spacial score (nSPS) is 15.2. The van der Waals surface area contributed by atoms with Gasteiger partial charge in [-0.2, -0.15) is 0 Å². The molecule has 0 aliphatic heterocycles. The summed E-state index contributed by atoms with van der Waals surface area (Å²) in [6, 6.07) is 8.60. The maximum absolute atomic E-state index is 12.7. The number of alkyl halides is 1. The summed E-state index contributed by atoms with van der Waals surface area (Å²) in [7, 11) is 0. The fourth-order valence-electron chi connectivity index (χ4n) is 2.55. The molecule has 20 heavy (non-hydrogen) atoms. The quantitative estimate of drug-likeness (QED) is 0.695. The van der Waals surface area contributed by atoms with E-state index in [-0.39, 0.29) is 5.91 Å². The fraction of sp³-hybridized carbons (Fsp3) is 0.588. The van der Waals surface area contributed by atoms with Crippen LogP contribution in [0.4, 0.5) is 0 Å². The standard InChI is InChI=1S/C17H24BrNO/c1-13(2)14-7-9-15(10-8-14)17(20)19(12-4-11-18)16-5-3-6-16/h7-10,13,16H,3-6,11-12H2,1-2H3. The van der Waals surface area contributed by atoms with Gasteiger partial charge in [-0.15, -0.1) is 0 Å². The number of rotatable bonds is 6. The Hall–Kier alpha value is -0.830. The Morgan fingerprint density at radius 3 is 2.40 bits per heavy atom. The molecule has 2 rings (SSSR count). The summed E-state index contributed by atoms with van der Waals surface area (Å²) in [5.41, 5.74) is 2.12. The molecule has 1 aromatic rings. The fourth-order valence-corrected chi connectivity index (χ4v) is 2.81. The minimum atomic E-state index is 0.200. The van der Waals surface area contributed by atoms with E-state index in [2.05, 4.69) is 46.8 Å². The minimum Gasteiger partial charge on any atom is -0.336 e. The van der Waals surface area contributed by atoms with Gasteiger partial charge in [0.25, 0.3) is 5.91 Å². The second kappa shape index (κ2) is 7.26. The van der Waals surface area contributed by atoms with E-state index in [1.165, 1.54) is 12.0 Å². The third kappa shape index (κ3) is 3.63. The van der Waals surface area contributed by atoms with Crippen molar-refractivity contribution in [2.75, 3.05) is 11.9 Å². The molecule has 0 heterocycles. The number of benzene rings is 1. The van der Waals surface area contributed by atoms with Crippen LogP contribution in [0, 0.1) is 0 Å². The summed E-state index contributed by atoms with van der Waals surface area (Å²) < 4.78 is 0. The molecular formula is C17H24BrNO. The van der Waals surface area contributed by atoms with Gasteiger partial charge in [0.1, 0.15) is 0 Å². The van der Waals surface area contributed by atoms with Crippen molar-refractivity contribution < 1.29 is 4.79 Å². The Morgan fingerprint density at radius 2 is 1.95 bits per heavy atom. The van der Waals surface area contributed by atoms with Crippen molar-refractivity contribution in [1.29, 1.82) is 0 Å². The van der Waals surface area contributed by atoms with Crippen molar-refractivity contribution in [2.24, 2.45) is 0 Å². The molecule has 1 amide bonds. The average molecular weight is 338 g/mol. The van der Waals surface area contributed by atoms with E-state index in [1.807, 2.05) is 12.1 Å². The van der Waals surface area contributed by atoms with Crippen LogP contribution in [-0.4, -0.2) is 28.7 Å². The van der Waals surface area contributed by atoms with Crippen LogP contribution in [0.3, 0.4) is 0 Å². The Morgan fingerprint density at radius 1 is 1.30 bits per heavy atom. The predicted molar refractivity (Wildman–Crippen MR) is 87.6 cm³/mol. The molecule has 0 saturated heterocycles. The molecule has 0 spiro atoms. The summed E-state index contributed by atoms with van der Waals surface area (Å²) in [6.45, 7) is 5.21. The van der Waals surface area contributed by atoms with Crippen LogP contribution < -0.4 is 0 Å². The summed E-state index contributed by atoms with van der Waals surface area (Å²) >= 11 is 3.46. The molecule has 110 valence electrons. The molecule has 1 aliphatic carbocycles. The van der Waals surface area contributed by atoms with E-state index in [0.29, 0.717) is 12.0 Å². The Labute approximate surface area is 130 Å². The monoisotopic (exact) mass is 337 g/mol. The Kier molecular flexibility index (Phi) is 5.64. The third-order valence-electron chi connectivity index (χ3n) is 4.13. The lowest BCUT2D eigenvalue weighted by atomic mass is 9.90. The predicted octanol–water partition coefficient (Wildman–Crippen LogP) is 4.59. The van der Waals surface area contributed by atoms with E-state index in [4.69, 9.17) is 0 Å². The summed E-state index contributed by atoms with van der Waals surface area (Å²) in [5.74, 6) is 0.709. The first-order valence-corrected chi connectivity index (χ1v) is 8.72. The zero-order chi connectivity index (χ0) is 14.5. The van der Waals surface area contributed by atoms with Gasteiger partial charge in [-0.1, -0.05) is 41.9 Å². The largest absolute Gasteiger partial charge is 0.336 e. The summed E-state index contributed by atoms with van der Waals surface area (Å²) in [5, 5.41) is 0.954. The van der Waals surface area contributed by atoms with E-state index in [9.17, 15) is 4.79 Å². The molecule has 0 radical (unpaired) electrons. The molecule has 0 bridgehead atoms. The maximum Gasteiger partial charge on any atom is 0.254 e. The lowest BCUT2D eigenvalue weighted by Gasteiger charge is -2.37. The van der Waals surface area contributed by atoms with Crippen LogP contribution in [0.5, 0.6) is 0 Å². The second-order valence-electron chi connectivity index (χ2n) is 5.90. The lowest BCUT2D eigenvalue weighted by Crippen LogP contribution is -2.44. The number of carbonyl (C=O) groups is 1. The molecule has 2 nitrogen and oxygen atoms in total. The van der Waals surface area contributed by atoms with Crippen molar-refractivity contribution in [2.45, 2.75) is 51.5 Å². The number of nitrogens with zero attached hydrogens (tertiary/aromatic N) is 1. The molecule has 1 saturated carbocycles. The zero-order valence-electron chi connectivity index (χ0n) is 12.4. The van der Waals surface area contributed by atoms with E-state index < -0.39 is 0 Å². The highest BCUT2D eigenvalue weighted by Gasteiger charge is 2.28. The van der Waals surface area contributed by atoms with Gasteiger partial charge in [0.15, 0.2) is 0 Å². The van der Waals surface area contributed by atoms with Gasteiger partial charge in [-0.25, -0.2) is 0 Å². The van der Waals surface area contributed by atoms with Crippen molar-refractivity contribution in [1.82, 2.24) is 4.90 Å². The van der Waals surface area contributed by atoms with E-state index in [1.54, 1.807) is 0 Å². The molecular weight excluding hydrogens is 314 g/mol. The molecule has 1 aliphatic rings. The highest BCUT2D eigenvalue weighted by atomic mass is 79.9. The molecule has 0 atom stereocenters. The van der Waals surface area contributed by atoms with Gasteiger partial charge in [-0.3, -0.25) is 4.79 Å². The van der Waals surface area contributed by atoms with Crippen molar-refractivity contribution >= 4 is 21.8 Å². The number of halogens is 1. The first kappa shape index (κ1) is 15.6. The average Bonchev–Trinajstić information content (AvgIpc) is 2.40. The molecule has 1 aromatic carbocycles. The second-order valence-corrected chi connectivity index (χ2v) is 6.70. The van der Waals surface area contributed by atoms with Gasteiger partial charge >= 0.3 is 0 Å². The molecule has 1 fully saturated rings. The minimum absolute atomic E-state index is 0.200. The van der Waals surface area contributed by atoms with Gasteiger partial charge in [-0.05, 0) is 49.3 Å². The number of hydrogen-bond donors (Lipinski definition) is 0. The van der Waals surface area contributed by atoms with Gasteiger partial charge in [0, 0.05) is 23.5 Å². The molecule has 0 aromatic heterocycles. The molecule has 3 heteroatoms.